The summed E-state index contributed by atoms with van der Waals surface area (Å²) in [4.78, 5) is 12.3. The number of carboxylic acid groups (broad SMARTS) is 1. The number of nitrogens with zero attached hydrogens (tertiary/aromatic N) is 3. The number of rotatable bonds is 2. The first-order valence-electron chi connectivity index (χ1n) is 5.38. The Hall–Kier alpha value is -1.72. The molecule has 0 aliphatic carbocycles. The molecule has 1 aromatic heterocycles. The van der Waals surface area contributed by atoms with Crippen molar-refractivity contribution in [2.75, 3.05) is 18.4 Å². The lowest BCUT2D eigenvalue weighted by Crippen LogP contribution is -2.44. The highest BCUT2D eigenvalue weighted by molar-refractivity contribution is 5.65. The normalized spacial score (nSPS) is 20.8. The minimum atomic E-state index is -0.835. The molecule has 0 spiro atoms. The van der Waals surface area contributed by atoms with Crippen LogP contribution >= 0.6 is 0 Å². The molecule has 2 heterocycles. The summed E-state index contributed by atoms with van der Waals surface area (Å²) in [6.45, 7) is 1.19. The van der Waals surface area contributed by atoms with E-state index >= 15 is 0 Å². The van der Waals surface area contributed by atoms with Gasteiger partial charge in [-0.1, -0.05) is 0 Å². The summed E-state index contributed by atoms with van der Waals surface area (Å²) >= 11 is 0. The lowest BCUT2D eigenvalue weighted by molar-refractivity contribution is 0.133. The van der Waals surface area contributed by atoms with Gasteiger partial charge in [0.2, 0.25) is 0 Å². The maximum absolute atomic E-state index is 10.8. The molecule has 1 aliphatic rings. The molecule has 1 aromatic rings. The fraction of sp³-hybridized carbons (Fsp3) is 0.600. The first kappa shape index (κ1) is 10.8. The molecule has 6 heteroatoms. The second-order valence-corrected chi connectivity index (χ2v) is 4.11. The van der Waals surface area contributed by atoms with E-state index < -0.39 is 6.09 Å². The Morgan fingerprint density at radius 2 is 2.50 bits per heavy atom. The van der Waals surface area contributed by atoms with E-state index in [-0.39, 0.29) is 6.04 Å². The standard InChI is InChI=1S/C10H16N4O2/c1-13-6-9(5-11-13)12-8-3-2-4-14(7-8)10(15)16/h5-6,8,12H,2-4,7H2,1H3,(H,15,16). The first-order valence-corrected chi connectivity index (χ1v) is 5.38. The number of hydrogen-bond acceptors (Lipinski definition) is 3. The van der Waals surface area contributed by atoms with Gasteiger partial charge >= 0.3 is 6.09 Å². The summed E-state index contributed by atoms with van der Waals surface area (Å²) in [5, 5.41) is 16.3. The molecule has 0 saturated carbocycles. The van der Waals surface area contributed by atoms with Crippen LogP contribution in [0.3, 0.4) is 0 Å². The van der Waals surface area contributed by atoms with Crippen LogP contribution in [0.1, 0.15) is 12.8 Å². The largest absolute Gasteiger partial charge is 0.465 e. The van der Waals surface area contributed by atoms with Crippen LogP contribution in [-0.4, -0.2) is 45.0 Å². The highest BCUT2D eigenvalue weighted by Gasteiger charge is 2.23. The minimum Gasteiger partial charge on any atom is -0.465 e. The van der Waals surface area contributed by atoms with Crippen molar-refractivity contribution in [1.29, 1.82) is 0 Å². The second kappa shape index (κ2) is 4.42. The van der Waals surface area contributed by atoms with Gasteiger partial charge in [-0.25, -0.2) is 4.79 Å². The monoisotopic (exact) mass is 224 g/mol. The van der Waals surface area contributed by atoms with Crippen molar-refractivity contribution >= 4 is 11.8 Å². The minimum absolute atomic E-state index is 0.189. The summed E-state index contributed by atoms with van der Waals surface area (Å²) in [5.74, 6) is 0. The Morgan fingerprint density at radius 3 is 3.12 bits per heavy atom. The average Bonchev–Trinajstić information content (AvgIpc) is 2.64. The van der Waals surface area contributed by atoms with Crippen molar-refractivity contribution in [2.45, 2.75) is 18.9 Å². The molecule has 2 N–H and O–H groups in total. The van der Waals surface area contributed by atoms with Crippen LogP contribution in [0.4, 0.5) is 10.5 Å². The zero-order chi connectivity index (χ0) is 11.5. The maximum Gasteiger partial charge on any atom is 0.407 e. The summed E-state index contributed by atoms with van der Waals surface area (Å²) < 4.78 is 1.72. The number of likely N-dealkylation sites (tertiary alicyclic amines) is 1. The summed E-state index contributed by atoms with van der Waals surface area (Å²) in [6.07, 6.45) is 4.71. The molecule has 0 bridgehead atoms. The molecule has 2 rings (SSSR count). The molecule has 1 aliphatic heterocycles. The Balaban J connectivity index is 1.92. The number of nitrogens with one attached hydrogen (secondary N) is 1. The average molecular weight is 224 g/mol. The van der Waals surface area contributed by atoms with E-state index in [1.54, 1.807) is 10.9 Å². The van der Waals surface area contributed by atoms with Gasteiger partial charge in [-0.15, -0.1) is 0 Å². The molecule has 1 amide bonds. The molecule has 88 valence electrons. The number of anilines is 1. The third kappa shape index (κ3) is 2.44. The van der Waals surface area contributed by atoms with Crippen molar-refractivity contribution < 1.29 is 9.90 Å². The number of hydrogen-bond donors (Lipinski definition) is 2. The van der Waals surface area contributed by atoms with Crippen molar-refractivity contribution in [2.24, 2.45) is 7.05 Å². The van der Waals surface area contributed by atoms with Crippen molar-refractivity contribution in [3.63, 3.8) is 0 Å². The second-order valence-electron chi connectivity index (χ2n) is 4.11. The summed E-state index contributed by atoms with van der Waals surface area (Å²) in [7, 11) is 1.86. The third-order valence-electron chi connectivity index (χ3n) is 2.77. The van der Waals surface area contributed by atoms with Gasteiger partial charge in [0, 0.05) is 32.4 Å². The van der Waals surface area contributed by atoms with E-state index in [0.717, 1.165) is 18.5 Å². The van der Waals surface area contributed by atoms with E-state index in [9.17, 15) is 4.79 Å². The summed E-state index contributed by atoms with van der Waals surface area (Å²) in [5.41, 5.74) is 0.944. The molecular formula is C10H16N4O2. The molecule has 1 atom stereocenters. The van der Waals surface area contributed by atoms with Gasteiger partial charge in [0.25, 0.3) is 0 Å². The van der Waals surface area contributed by atoms with Crippen LogP contribution < -0.4 is 5.32 Å². The number of carbonyl (C=O) groups is 1. The molecule has 1 unspecified atom stereocenters. The topological polar surface area (TPSA) is 70.4 Å². The molecule has 1 fully saturated rings. The number of piperidine rings is 1. The zero-order valence-corrected chi connectivity index (χ0v) is 9.26. The molecule has 0 aromatic carbocycles. The SMILES string of the molecule is Cn1cc(NC2CCCN(C(=O)O)C2)cn1. The fourth-order valence-corrected chi connectivity index (χ4v) is 2.00. The Labute approximate surface area is 93.9 Å². The Bertz CT molecular complexity index is 377. The molecule has 0 radical (unpaired) electrons. The van der Waals surface area contributed by atoms with Crippen LogP contribution in [0.5, 0.6) is 0 Å². The number of amides is 1. The van der Waals surface area contributed by atoms with Crippen LogP contribution in [0.25, 0.3) is 0 Å². The smallest absolute Gasteiger partial charge is 0.407 e. The van der Waals surface area contributed by atoms with Gasteiger partial charge in [0.1, 0.15) is 0 Å². The zero-order valence-electron chi connectivity index (χ0n) is 9.26. The number of aromatic nitrogens is 2. The van der Waals surface area contributed by atoms with Crippen molar-refractivity contribution in [1.82, 2.24) is 14.7 Å². The number of aryl methyl sites for hydroxylation is 1. The van der Waals surface area contributed by atoms with Gasteiger partial charge in [-0.05, 0) is 12.8 Å². The van der Waals surface area contributed by atoms with E-state index in [1.807, 2.05) is 13.2 Å². The first-order chi connectivity index (χ1) is 7.65. The van der Waals surface area contributed by atoms with E-state index in [2.05, 4.69) is 10.4 Å². The quantitative estimate of drug-likeness (QED) is 0.785. The van der Waals surface area contributed by atoms with E-state index in [1.165, 1.54) is 4.90 Å². The van der Waals surface area contributed by atoms with E-state index in [4.69, 9.17) is 5.11 Å². The lowest BCUT2D eigenvalue weighted by atomic mass is 10.1. The Morgan fingerprint density at radius 1 is 1.69 bits per heavy atom. The van der Waals surface area contributed by atoms with Crippen LogP contribution in [-0.2, 0) is 7.05 Å². The highest BCUT2D eigenvalue weighted by atomic mass is 16.4. The maximum atomic E-state index is 10.8. The van der Waals surface area contributed by atoms with Crippen LogP contribution in [0.2, 0.25) is 0 Å². The van der Waals surface area contributed by atoms with Crippen molar-refractivity contribution in [3.05, 3.63) is 12.4 Å². The Kier molecular flexibility index (Phi) is 2.98. The predicted molar refractivity (Wildman–Crippen MR) is 59.5 cm³/mol. The van der Waals surface area contributed by atoms with Gasteiger partial charge in [-0.3, -0.25) is 4.68 Å². The van der Waals surface area contributed by atoms with Crippen LogP contribution in [0, 0.1) is 0 Å². The fourth-order valence-electron chi connectivity index (χ4n) is 2.00. The molecule has 16 heavy (non-hydrogen) atoms. The molecule has 1 saturated heterocycles. The molecular weight excluding hydrogens is 208 g/mol. The van der Waals surface area contributed by atoms with Gasteiger partial charge in [0.05, 0.1) is 11.9 Å². The molecule has 6 nitrogen and oxygen atoms in total. The van der Waals surface area contributed by atoms with Crippen LogP contribution in [0.15, 0.2) is 12.4 Å². The predicted octanol–water partition coefficient (Wildman–Crippen LogP) is 0.974. The third-order valence-corrected chi connectivity index (χ3v) is 2.77. The van der Waals surface area contributed by atoms with E-state index in [0.29, 0.717) is 13.1 Å². The van der Waals surface area contributed by atoms with Gasteiger partial charge in [-0.2, -0.15) is 5.10 Å². The summed E-state index contributed by atoms with van der Waals surface area (Å²) in [6, 6.07) is 0.189. The lowest BCUT2D eigenvalue weighted by Gasteiger charge is -2.31. The highest BCUT2D eigenvalue weighted by Crippen LogP contribution is 2.15. The van der Waals surface area contributed by atoms with Gasteiger partial charge in [0.15, 0.2) is 0 Å². The van der Waals surface area contributed by atoms with Crippen molar-refractivity contribution in [3.8, 4) is 0 Å². The van der Waals surface area contributed by atoms with Gasteiger partial charge < -0.3 is 15.3 Å².